The summed E-state index contributed by atoms with van der Waals surface area (Å²) in [7, 11) is 0. The van der Waals surface area contributed by atoms with Crippen LogP contribution in [0.3, 0.4) is 0 Å². The normalized spacial score (nSPS) is 16.2. The van der Waals surface area contributed by atoms with Gasteiger partial charge in [-0.15, -0.1) is 0 Å². The van der Waals surface area contributed by atoms with Gasteiger partial charge in [0.05, 0.1) is 0 Å². The van der Waals surface area contributed by atoms with E-state index in [9.17, 15) is 9.59 Å². The molecule has 5 nitrogen and oxygen atoms in total. The third-order valence-electron chi connectivity index (χ3n) is 2.83. The number of hydrogen-bond donors (Lipinski definition) is 1. The van der Waals surface area contributed by atoms with Gasteiger partial charge in [0.25, 0.3) is 0 Å². The van der Waals surface area contributed by atoms with Crippen LogP contribution >= 0.6 is 0 Å². The van der Waals surface area contributed by atoms with Crippen LogP contribution in [-0.2, 0) is 14.3 Å². The van der Waals surface area contributed by atoms with Crippen molar-refractivity contribution in [1.29, 1.82) is 0 Å². The molecular formula is C14H25NO4. The molecule has 0 radical (unpaired) electrons. The average Bonchev–Trinajstić information content (AvgIpc) is 2.74. The van der Waals surface area contributed by atoms with Gasteiger partial charge in [0, 0.05) is 13.0 Å². The van der Waals surface area contributed by atoms with Crippen LogP contribution in [0, 0.1) is 0 Å². The topological polar surface area (TPSA) is 64.6 Å². The highest BCUT2D eigenvalue weighted by molar-refractivity contribution is 5.70. The SMILES string of the molecule is CC(C)(C)OC(=O)NCCCC(=O)OC1CCCC1. The molecule has 1 saturated carbocycles. The zero-order chi connectivity index (χ0) is 14.3. The molecule has 0 bridgehead atoms. The second-order valence-electron chi connectivity index (χ2n) is 5.93. The Bertz CT molecular complexity index is 303. The maximum absolute atomic E-state index is 11.5. The van der Waals surface area contributed by atoms with E-state index in [-0.39, 0.29) is 12.1 Å². The first-order valence-electron chi connectivity index (χ1n) is 7.03. The van der Waals surface area contributed by atoms with Gasteiger partial charge in [-0.3, -0.25) is 4.79 Å². The molecule has 0 aromatic rings. The highest BCUT2D eigenvalue weighted by Crippen LogP contribution is 2.21. The number of rotatable bonds is 5. The van der Waals surface area contributed by atoms with Crippen molar-refractivity contribution < 1.29 is 19.1 Å². The second kappa shape index (κ2) is 7.36. The Labute approximate surface area is 115 Å². The number of ether oxygens (including phenoxy) is 2. The van der Waals surface area contributed by atoms with Gasteiger partial charge in [0.15, 0.2) is 0 Å². The molecule has 1 N–H and O–H groups in total. The number of amides is 1. The number of esters is 1. The fourth-order valence-electron chi connectivity index (χ4n) is 1.99. The maximum Gasteiger partial charge on any atom is 0.407 e. The highest BCUT2D eigenvalue weighted by Gasteiger charge is 2.19. The molecule has 19 heavy (non-hydrogen) atoms. The molecule has 1 aliphatic carbocycles. The molecule has 110 valence electrons. The first kappa shape index (κ1) is 15.8. The molecule has 0 saturated heterocycles. The van der Waals surface area contributed by atoms with E-state index in [0.29, 0.717) is 19.4 Å². The minimum absolute atomic E-state index is 0.117. The number of carbonyl (C=O) groups excluding carboxylic acids is 2. The molecule has 0 atom stereocenters. The van der Waals surface area contributed by atoms with Gasteiger partial charge in [-0.2, -0.15) is 0 Å². The fraction of sp³-hybridized carbons (Fsp3) is 0.857. The Morgan fingerprint density at radius 3 is 2.42 bits per heavy atom. The van der Waals surface area contributed by atoms with Crippen molar-refractivity contribution >= 4 is 12.1 Å². The summed E-state index contributed by atoms with van der Waals surface area (Å²) in [5.74, 6) is -0.169. The van der Waals surface area contributed by atoms with Crippen LogP contribution < -0.4 is 5.32 Å². The van der Waals surface area contributed by atoms with Crippen molar-refractivity contribution in [3.63, 3.8) is 0 Å². The summed E-state index contributed by atoms with van der Waals surface area (Å²) in [5.41, 5.74) is -0.495. The average molecular weight is 271 g/mol. The summed E-state index contributed by atoms with van der Waals surface area (Å²) in [4.78, 5) is 22.8. The number of nitrogens with one attached hydrogen (secondary N) is 1. The van der Waals surface area contributed by atoms with E-state index in [0.717, 1.165) is 25.7 Å². The van der Waals surface area contributed by atoms with Crippen LogP contribution in [0.1, 0.15) is 59.3 Å². The smallest absolute Gasteiger partial charge is 0.407 e. The molecule has 0 aromatic carbocycles. The molecule has 0 unspecified atom stereocenters. The standard InChI is InChI=1S/C14H25NO4/c1-14(2,3)19-13(17)15-10-6-9-12(16)18-11-7-4-5-8-11/h11H,4-10H2,1-3H3,(H,15,17). The summed E-state index contributed by atoms with van der Waals surface area (Å²) < 4.78 is 10.4. The second-order valence-corrected chi connectivity index (χ2v) is 5.93. The van der Waals surface area contributed by atoms with Crippen molar-refractivity contribution in [3.8, 4) is 0 Å². The van der Waals surface area contributed by atoms with Gasteiger partial charge in [-0.25, -0.2) is 4.79 Å². The predicted octanol–water partition coefficient (Wildman–Crippen LogP) is 2.78. The molecule has 5 heteroatoms. The summed E-state index contributed by atoms with van der Waals surface area (Å²) in [6, 6.07) is 0. The number of hydrogen-bond acceptors (Lipinski definition) is 4. The van der Waals surface area contributed by atoms with Crippen LogP contribution in [0.15, 0.2) is 0 Å². The minimum Gasteiger partial charge on any atom is -0.462 e. The molecule has 0 heterocycles. The molecule has 1 aliphatic rings. The molecule has 1 fully saturated rings. The Kier molecular flexibility index (Phi) is 6.12. The maximum atomic E-state index is 11.5. The van der Waals surface area contributed by atoms with E-state index < -0.39 is 11.7 Å². The molecule has 0 aromatic heterocycles. The zero-order valence-electron chi connectivity index (χ0n) is 12.2. The summed E-state index contributed by atoms with van der Waals surface area (Å²) >= 11 is 0. The predicted molar refractivity (Wildman–Crippen MR) is 71.8 cm³/mol. The van der Waals surface area contributed by atoms with E-state index in [1.165, 1.54) is 0 Å². The van der Waals surface area contributed by atoms with Crippen molar-refractivity contribution in [1.82, 2.24) is 5.32 Å². The quantitative estimate of drug-likeness (QED) is 0.617. The molecule has 1 rings (SSSR count). The number of alkyl carbamates (subject to hydrolysis) is 1. The Balaban J connectivity index is 2.03. The Hall–Kier alpha value is -1.26. The summed E-state index contributed by atoms with van der Waals surface area (Å²) in [6.07, 6.45) is 4.86. The van der Waals surface area contributed by atoms with Crippen molar-refractivity contribution in [2.45, 2.75) is 71.0 Å². The lowest BCUT2D eigenvalue weighted by Crippen LogP contribution is -2.33. The third kappa shape index (κ3) is 7.70. The lowest BCUT2D eigenvalue weighted by molar-refractivity contribution is -0.148. The van der Waals surface area contributed by atoms with Crippen LogP contribution in [0.5, 0.6) is 0 Å². The first-order chi connectivity index (χ1) is 8.87. The molecular weight excluding hydrogens is 246 g/mol. The monoisotopic (exact) mass is 271 g/mol. The molecule has 1 amide bonds. The van der Waals surface area contributed by atoms with Crippen LogP contribution in [0.25, 0.3) is 0 Å². The van der Waals surface area contributed by atoms with E-state index >= 15 is 0 Å². The van der Waals surface area contributed by atoms with Gasteiger partial charge >= 0.3 is 12.1 Å². The van der Waals surface area contributed by atoms with Gasteiger partial charge < -0.3 is 14.8 Å². The van der Waals surface area contributed by atoms with E-state index in [2.05, 4.69) is 5.32 Å². The minimum atomic E-state index is -0.495. The van der Waals surface area contributed by atoms with Gasteiger partial charge in [0.2, 0.25) is 0 Å². The van der Waals surface area contributed by atoms with Crippen LogP contribution in [0.2, 0.25) is 0 Å². The van der Waals surface area contributed by atoms with Crippen molar-refractivity contribution in [2.75, 3.05) is 6.54 Å². The van der Waals surface area contributed by atoms with Crippen LogP contribution in [-0.4, -0.2) is 30.3 Å². The first-order valence-corrected chi connectivity index (χ1v) is 7.03. The Morgan fingerprint density at radius 2 is 1.84 bits per heavy atom. The highest BCUT2D eigenvalue weighted by atomic mass is 16.6. The van der Waals surface area contributed by atoms with Gasteiger partial charge in [-0.1, -0.05) is 0 Å². The van der Waals surface area contributed by atoms with E-state index in [1.807, 2.05) is 20.8 Å². The fourth-order valence-corrected chi connectivity index (χ4v) is 1.99. The Morgan fingerprint density at radius 1 is 1.21 bits per heavy atom. The van der Waals surface area contributed by atoms with E-state index in [1.54, 1.807) is 0 Å². The number of carbonyl (C=O) groups is 2. The van der Waals surface area contributed by atoms with Crippen LogP contribution in [0.4, 0.5) is 4.79 Å². The van der Waals surface area contributed by atoms with Gasteiger partial charge in [0.1, 0.15) is 11.7 Å². The van der Waals surface area contributed by atoms with Gasteiger partial charge in [-0.05, 0) is 52.9 Å². The zero-order valence-corrected chi connectivity index (χ0v) is 12.2. The lowest BCUT2D eigenvalue weighted by atomic mass is 10.2. The summed E-state index contributed by atoms with van der Waals surface area (Å²) in [6.45, 7) is 5.86. The largest absolute Gasteiger partial charge is 0.462 e. The van der Waals surface area contributed by atoms with Crippen molar-refractivity contribution in [2.24, 2.45) is 0 Å². The lowest BCUT2D eigenvalue weighted by Gasteiger charge is -2.19. The summed E-state index contributed by atoms with van der Waals surface area (Å²) in [5, 5.41) is 2.62. The van der Waals surface area contributed by atoms with E-state index in [4.69, 9.17) is 9.47 Å². The molecule has 0 aliphatic heterocycles. The molecule has 0 spiro atoms. The van der Waals surface area contributed by atoms with Crippen molar-refractivity contribution in [3.05, 3.63) is 0 Å². The third-order valence-corrected chi connectivity index (χ3v) is 2.83.